The molecular formula is C19H17NO4. The lowest BCUT2D eigenvalue weighted by molar-refractivity contribution is -0.135. The Hall–Kier alpha value is -3.08. The third-order valence-electron chi connectivity index (χ3n) is 3.92. The zero-order valence-electron chi connectivity index (χ0n) is 13.5. The highest BCUT2D eigenvalue weighted by Gasteiger charge is 2.22. The number of nitrogens with zero attached hydrogens (tertiary/aromatic N) is 1. The predicted octanol–water partition coefficient (Wildman–Crippen LogP) is 3.05. The zero-order chi connectivity index (χ0) is 17.1. The number of ketones is 1. The van der Waals surface area contributed by atoms with E-state index in [2.05, 4.69) is 4.74 Å². The number of carbonyl (C=O) groups excluding carboxylic acids is 2. The summed E-state index contributed by atoms with van der Waals surface area (Å²) in [5, 5.41) is 0.737. The lowest BCUT2D eigenvalue weighted by atomic mass is 10.1. The molecule has 0 aliphatic rings. The van der Waals surface area contributed by atoms with Gasteiger partial charge >= 0.3 is 5.97 Å². The van der Waals surface area contributed by atoms with Crippen molar-refractivity contribution in [3.63, 3.8) is 0 Å². The van der Waals surface area contributed by atoms with Crippen molar-refractivity contribution in [3.05, 3.63) is 65.9 Å². The van der Waals surface area contributed by atoms with Crippen LogP contribution in [0, 0.1) is 0 Å². The van der Waals surface area contributed by atoms with Gasteiger partial charge in [-0.25, -0.2) is 4.79 Å². The molecule has 3 aromatic rings. The van der Waals surface area contributed by atoms with E-state index in [4.69, 9.17) is 4.74 Å². The van der Waals surface area contributed by atoms with Crippen LogP contribution in [0.4, 0.5) is 0 Å². The van der Waals surface area contributed by atoms with Gasteiger partial charge in [0.05, 0.1) is 19.8 Å². The molecule has 2 aromatic carbocycles. The second kappa shape index (κ2) is 6.58. The largest absolute Gasteiger partial charge is 0.497 e. The summed E-state index contributed by atoms with van der Waals surface area (Å²) in [5.41, 5.74) is 2.31. The molecule has 3 rings (SSSR count). The number of aromatic nitrogens is 1. The standard InChI is InChI=1S/C19H17NO4/c1-23-14-9-7-13(8-10-14)11-20-12-16(18(21)19(22)24-2)15-5-3-4-6-17(15)20/h3-10,12H,11H2,1-2H3. The van der Waals surface area contributed by atoms with Gasteiger partial charge in [0.1, 0.15) is 5.75 Å². The Labute approximate surface area is 139 Å². The van der Waals surface area contributed by atoms with Crippen molar-refractivity contribution in [2.75, 3.05) is 14.2 Å². The minimum atomic E-state index is -0.859. The Kier molecular flexibility index (Phi) is 4.33. The van der Waals surface area contributed by atoms with Gasteiger partial charge in [-0.1, -0.05) is 30.3 Å². The van der Waals surface area contributed by atoms with Crippen LogP contribution >= 0.6 is 0 Å². The Morgan fingerprint density at radius 3 is 2.38 bits per heavy atom. The maximum absolute atomic E-state index is 12.2. The quantitative estimate of drug-likeness (QED) is 0.411. The van der Waals surface area contributed by atoms with E-state index in [1.807, 2.05) is 53.1 Å². The number of hydrogen-bond donors (Lipinski definition) is 0. The second-order valence-electron chi connectivity index (χ2n) is 5.36. The van der Waals surface area contributed by atoms with Gasteiger partial charge in [-0.15, -0.1) is 0 Å². The SMILES string of the molecule is COC(=O)C(=O)c1cn(Cc2ccc(OC)cc2)c2ccccc12. The normalized spacial score (nSPS) is 10.6. The van der Waals surface area contributed by atoms with Crippen molar-refractivity contribution in [2.24, 2.45) is 0 Å². The van der Waals surface area contributed by atoms with Crippen molar-refractivity contribution in [3.8, 4) is 5.75 Å². The molecule has 0 bridgehead atoms. The molecule has 1 heterocycles. The molecule has 5 heteroatoms. The minimum absolute atomic E-state index is 0.353. The number of rotatable bonds is 5. The number of esters is 1. The number of para-hydroxylation sites is 1. The lowest BCUT2D eigenvalue weighted by Gasteiger charge is -2.06. The highest BCUT2D eigenvalue weighted by molar-refractivity contribution is 6.43. The maximum Gasteiger partial charge on any atom is 0.379 e. The van der Waals surface area contributed by atoms with Crippen LogP contribution in [0.3, 0.4) is 0 Å². The molecule has 0 saturated heterocycles. The summed E-state index contributed by atoms with van der Waals surface area (Å²) in [4.78, 5) is 23.8. The molecule has 0 fully saturated rings. The average Bonchev–Trinajstić information content (AvgIpc) is 2.99. The van der Waals surface area contributed by atoms with Crippen LogP contribution in [0.2, 0.25) is 0 Å². The van der Waals surface area contributed by atoms with Gasteiger partial charge in [0.25, 0.3) is 5.78 Å². The summed E-state index contributed by atoms with van der Waals surface area (Å²) < 4.78 is 11.7. The van der Waals surface area contributed by atoms with Crippen molar-refractivity contribution >= 4 is 22.7 Å². The molecule has 0 spiro atoms. The molecule has 0 radical (unpaired) electrons. The number of methoxy groups -OCH3 is 2. The van der Waals surface area contributed by atoms with Crippen LogP contribution in [0.1, 0.15) is 15.9 Å². The molecule has 1 aromatic heterocycles. The Bertz CT molecular complexity index is 893. The molecule has 0 saturated carbocycles. The first-order valence-electron chi connectivity index (χ1n) is 7.47. The summed E-state index contributed by atoms with van der Waals surface area (Å²) in [6.07, 6.45) is 1.70. The van der Waals surface area contributed by atoms with Gasteiger partial charge in [-0.3, -0.25) is 4.79 Å². The molecule has 0 N–H and O–H groups in total. The van der Waals surface area contributed by atoms with Crippen LogP contribution in [-0.2, 0) is 16.1 Å². The first-order valence-corrected chi connectivity index (χ1v) is 7.47. The molecule has 0 aliphatic heterocycles. The van der Waals surface area contributed by atoms with Crippen molar-refractivity contribution in [1.82, 2.24) is 4.57 Å². The van der Waals surface area contributed by atoms with Gasteiger partial charge in [0.2, 0.25) is 0 Å². The minimum Gasteiger partial charge on any atom is -0.497 e. The number of fused-ring (bicyclic) bond motifs is 1. The molecular weight excluding hydrogens is 306 g/mol. The number of hydrogen-bond acceptors (Lipinski definition) is 4. The summed E-state index contributed by atoms with van der Waals surface area (Å²) >= 11 is 0. The summed E-state index contributed by atoms with van der Waals surface area (Å²) in [6.45, 7) is 0.582. The monoisotopic (exact) mass is 323 g/mol. The molecule has 0 unspecified atom stereocenters. The van der Waals surface area contributed by atoms with E-state index >= 15 is 0 Å². The van der Waals surface area contributed by atoms with Gasteiger partial charge in [-0.2, -0.15) is 0 Å². The van der Waals surface area contributed by atoms with Crippen LogP contribution in [0.5, 0.6) is 5.75 Å². The summed E-state index contributed by atoms with van der Waals surface area (Å²) in [5.74, 6) is -0.706. The van der Waals surface area contributed by atoms with Gasteiger partial charge in [0.15, 0.2) is 0 Å². The zero-order valence-corrected chi connectivity index (χ0v) is 13.5. The highest BCUT2D eigenvalue weighted by Crippen LogP contribution is 2.23. The fourth-order valence-electron chi connectivity index (χ4n) is 2.69. The molecule has 122 valence electrons. The van der Waals surface area contributed by atoms with Crippen LogP contribution < -0.4 is 4.74 Å². The van der Waals surface area contributed by atoms with Gasteiger partial charge in [0, 0.05) is 23.6 Å². The lowest BCUT2D eigenvalue weighted by Crippen LogP contribution is -2.15. The first kappa shape index (κ1) is 15.8. The van der Waals surface area contributed by atoms with E-state index in [0.717, 1.165) is 22.2 Å². The van der Waals surface area contributed by atoms with Crippen molar-refractivity contribution in [2.45, 2.75) is 6.54 Å². The van der Waals surface area contributed by atoms with Crippen LogP contribution in [0.15, 0.2) is 54.7 Å². The number of Topliss-reactive ketones (excluding diaryl/α,β-unsaturated/α-hetero) is 1. The van der Waals surface area contributed by atoms with Crippen molar-refractivity contribution < 1.29 is 19.1 Å². The van der Waals surface area contributed by atoms with Gasteiger partial charge in [-0.05, 0) is 23.8 Å². The van der Waals surface area contributed by atoms with E-state index in [1.54, 1.807) is 13.3 Å². The Morgan fingerprint density at radius 2 is 1.71 bits per heavy atom. The fraction of sp³-hybridized carbons (Fsp3) is 0.158. The van der Waals surface area contributed by atoms with Gasteiger partial charge < -0.3 is 14.0 Å². The number of ether oxygens (including phenoxy) is 2. The van der Waals surface area contributed by atoms with Crippen LogP contribution in [0.25, 0.3) is 10.9 Å². The Morgan fingerprint density at radius 1 is 1.00 bits per heavy atom. The van der Waals surface area contributed by atoms with Crippen molar-refractivity contribution in [1.29, 1.82) is 0 Å². The third kappa shape index (κ3) is 2.88. The smallest absolute Gasteiger partial charge is 0.379 e. The Balaban J connectivity index is 2.01. The maximum atomic E-state index is 12.2. The van der Waals surface area contributed by atoms with E-state index < -0.39 is 11.8 Å². The highest BCUT2D eigenvalue weighted by atomic mass is 16.5. The first-order chi connectivity index (χ1) is 11.6. The topological polar surface area (TPSA) is 57.5 Å². The second-order valence-corrected chi connectivity index (χ2v) is 5.36. The average molecular weight is 323 g/mol. The molecule has 0 atom stereocenters. The van der Waals surface area contributed by atoms with E-state index in [1.165, 1.54) is 7.11 Å². The molecule has 24 heavy (non-hydrogen) atoms. The molecule has 5 nitrogen and oxygen atoms in total. The van der Waals surface area contributed by atoms with Crippen LogP contribution in [-0.4, -0.2) is 30.5 Å². The van der Waals surface area contributed by atoms with E-state index in [-0.39, 0.29) is 0 Å². The fourth-order valence-corrected chi connectivity index (χ4v) is 2.69. The summed E-state index contributed by atoms with van der Waals surface area (Å²) in [6, 6.07) is 15.2. The summed E-state index contributed by atoms with van der Waals surface area (Å²) in [7, 11) is 2.83. The molecule has 0 amide bonds. The predicted molar refractivity (Wildman–Crippen MR) is 90.4 cm³/mol. The number of carbonyl (C=O) groups is 2. The number of benzene rings is 2. The third-order valence-corrected chi connectivity index (χ3v) is 3.92. The van der Waals surface area contributed by atoms with E-state index in [9.17, 15) is 9.59 Å². The van der Waals surface area contributed by atoms with E-state index in [0.29, 0.717) is 12.1 Å². The molecule has 0 aliphatic carbocycles.